The molecular weight excluding hydrogens is 207 g/mol. The molecule has 0 aromatic rings. The number of quaternary nitrogens is 1. The first-order valence-electron chi connectivity index (χ1n) is 2.13. The highest BCUT2D eigenvalue weighted by atomic mass is 127. The minimum absolute atomic E-state index is 0. The van der Waals surface area contributed by atoms with Crippen LogP contribution in [-0.2, 0) is 0 Å². The average molecular weight is 215 g/mol. The van der Waals surface area contributed by atoms with Gasteiger partial charge in [0.05, 0.1) is 6.04 Å². The van der Waals surface area contributed by atoms with Crippen LogP contribution in [0.25, 0.3) is 0 Å². The number of rotatable bonds is 2. The second-order valence-electron chi connectivity index (χ2n) is 1.56. The van der Waals surface area contributed by atoms with E-state index in [2.05, 4.69) is 5.43 Å². The van der Waals surface area contributed by atoms with Crippen LogP contribution in [0.4, 0.5) is 0 Å². The summed E-state index contributed by atoms with van der Waals surface area (Å²) in [7, 11) is 0. The predicted octanol–water partition coefficient (Wildman–Crippen LogP) is -4.28. The molecule has 1 fully saturated rings. The highest BCUT2D eigenvalue weighted by Crippen LogP contribution is 2.16. The Bertz CT molecular complexity index is 48.2. The fraction of sp³-hybridized carbons (Fsp3) is 1.00. The van der Waals surface area contributed by atoms with Gasteiger partial charge in [-0.3, -0.25) is 0 Å². The molecule has 0 aliphatic heterocycles. The van der Waals surface area contributed by atoms with Crippen molar-refractivity contribution in [1.29, 1.82) is 0 Å². The summed E-state index contributed by atoms with van der Waals surface area (Å²) in [4.78, 5) is 0. The lowest BCUT2D eigenvalue weighted by Gasteiger charge is -1.98. The van der Waals surface area contributed by atoms with Crippen LogP contribution in [0.15, 0.2) is 0 Å². The number of hydrogen-bond donors (Lipinski definition) is 2. The minimum Gasteiger partial charge on any atom is -1.00 e. The molecule has 0 saturated heterocycles. The number of hydrogen-bond acceptors (Lipinski definition) is 2. The summed E-state index contributed by atoms with van der Waals surface area (Å²) in [6, 6.07) is 0.530. The highest BCUT2D eigenvalue weighted by Gasteiger charge is 2.20. The van der Waals surface area contributed by atoms with E-state index >= 15 is 0 Å². The van der Waals surface area contributed by atoms with Gasteiger partial charge in [-0.05, 0) is 12.8 Å². The topological polar surface area (TPSA) is 51.7 Å². The number of nitrogens with one attached hydrogen (secondary N) is 1. The largest absolute Gasteiger partial charge is 1.00 e. The first-order valence-corrected chi connectivity index (χ1v) is 2.13. The van der Waals surface area contributed by atoms with E-state index in [0.29, 0.717) is 6.04 Å². The molecule has 1 aliphatic carbocycles. The Hall–Kier alpha value is 0.610. The molecule has 0 aromatic heterocycles. The number of halogens is 1. The van der Waals surface area contributed by atoms with E-state index in [1.807, 2.05) is 0 Å². The normalized spacial score (nSPS) is 18.4. The van der Waals surface area contributed by atoms with Crippen LogP contribution in [0.3, 0.4) is 0 Å². The van der Waals surface area contributed by atoms with Gasteiger partial charge in [-0.1, -0.05) is 0 Å². The molecule has 7 heavy (non-hydrogen) atoms. The van der Waals surface area contributed by atoms with Gasteiger partial charge in [0.15, 0.2) is 0 Å². The van der Waals surface area contributed by atoms with Crippen molar-refractivity contribution in [2.24, 2.45) is 0 Å². The lowest BCUT2D eigenvalue weighted by molar-refractivity contribution is -0.652. The first kappa shape index (κ1) is 7.61. The Balaban J connectivity index is 0.000000360. The minimum atomic E-state index is 0. The first-order chi connectivity index (χ1) is 2.93. The van der Waals surface area contributed by atoms with Crippen molar-refractivity contribution in [2.45, 2.75) is 18.9 Å². The zero-order valence-electron chi connectivity index (χ0n) is 3.86. The summed E-state index contributed by atoms with van der Waals surface area (Å²) in [5.74, 6) is 0. The maximum absolute atomic E-state index is 9.54. The summed E-state index contributed by atoms with van der Waals surface area (Å²) in [5.41, 5.74) is 3.40. The second-order valence-corrected chi connectivity index (χ2v) is 1.56. The van der Waals surface area contributed by atoms with E-state index in [4.69, 9.17) is 0 Å². The van der Waals surface area contributed by atoms with Crippen molar-refractivity contribution in [3.05, 3.63) is 5.21 Å². The molecular formula is C3H8IN2O-. The summed E-state index contributed by atoms with van der Waals surface area (Å²) in [6.07, 6.45) is 2.36. The van der Waals surface area contributed by atoms with Crippen molar-refractivity contribution in [2.75, 3.05) is 0 Å². The van der Waals surface area contributed by atoms with Gasteiger partial charge in [0.25, 0.3) is 0 Å². The van der Waals surface area contributed by atoms with Gasteiger partial charge in [-0.2, -0.15) is 5.43 Å². The van der Waals surface area contributed by atoms with Crippen LogP contribution in [0.1, 0.15) is 12.8 Å². The molecule has 4 heteroatoms. The van der Waals surface area contributed by atoms with Crippen molar-refractivity contribution < 1.29 is 29.6 Å². The Morgan fingerprint density at radius 3 is 2.29 bits per heavy atom. The Labute approximate surface area is 59.4 Å². The molecule has 0 aromatic carbocycles. The molecule has 3 N–H and O–H groups in total. The third kappa shape index (κ3) is 3.22. The fourth-order valence-corrected chi connectivity index (χ4v) is 0.346. The van der Waals surface area contributed by atoms with Gasteiger partial charge in [-0.15, -0.1) is 0 Å². The third-order valence-corrected chi connectivity index (χ3v) is 0.881. The van der Waals surface area contributed by atoms with E-state index in [1.54, 1.807) is 0 Å². The molecule has 0 heterocycles. The summed E-state index contributed by atoms with van der Waals surface area (Å²) >= 11 is 0. The lowest BCUT2D eigenvalue weighted by Crippen LogP contribution is -3.00. The van der Waals surface area contributed by atoms with Gasteiger partial charge in [0.2, 0.25) is 0 Å². The van der Waals surface area contributed by atoms with Gasteiger partial charge >= 0.3 is 0 Å². The summed E-state index contributed by atoms with van der Waals surface area (Å²) in [5, 5.41) is 9.54. The van der Waals surface area contributed by atoms with E-state index in [0.717, 1.165) is 5.59 Å². The van der Waals surface area contributed by atoms with Gasteiger partial charge < -0.3 is 34.8 Å². The zero-order valence-corrected chi connectivity index (χ0v) is 6.01. The van der Waals surface area contributed by atoms with Gasteiger partial charge in [-0.25, -0.2) is 0 Å². The van der Waals surface area contributed by atoms with Crippen LogP contribution in [0.5, 0.6) is 0 Å². The molecule has 1 aliphatic rings. The second kappa shape index (κ2) is 3.59. The van der Waals surface area contributed by atoms with Crippen LogP contribution in [0.2, 0.25) is 0 Å². The van der Waals surface area contributed by atoms with Crippen molar-refractivity contribution in [3.8, 4) is 0 Å². The molecule has 0 spiro atoms. The SMILES string of the molecule is [I-].[O-][NH2+]NC1CC1. The van der Waals surface area contributed by atoms with Crippen molar-refractivity contribution in [3.63, 3.8) is 0 Å². The highest BCUT2D eigenvalue weighted by molar-refractivity contribution is 4.76. The molecule has 0 radical (unpaired) electrons. The molecule has 44 valence electrons. The van der Waals surface area contributed by atoms with E-state index in [1.165, 1.54) is 12.8 Å². The van der Waals surface area contributed by atoms with Crippen molar-refractivity contribution >= 4 is 0 Å². The monoisotopic (exact) mass is 215 g/mol. The molecule has 0 amide bonds. The predicted molar refractivity (Wildman–Crippen MR) is 21.5 cm³/mol. The van der Waals surface area contributed by atoms with Crippen LogP contribution in [-0.4, -0.2) is 6.04 Å². The Morgan fingerprint density at radius 2 is 2.14 bits per heavy atom. The van der Waals surface area contributed by atoms with E-state index in [9.17, 15) is 5.21 Å². The standard InChI is InChI=1S/C3H8N2O.HI/c6-5-4-3-1-2-3;/h3-4H,1-2,5H2;1H/p-1. The smallest absolute Gasteiger partial charge is 0.0559 e. The van der Waals surface area contributed by atoms with E-state index < -0.39 is 0 Å². The average Bonchev–Trinajstić information content (AvgIpc) is 2.21. The quantitative estimate of drug-likeness (QED) is 0.278. The van der Waals surface area contributed by atoms with Gasteiger partial charge in [0, 0.05) is 0 Å². The Morgan fingerprint density at radius 1 is 1.57 bits per heavy atom. The molecule has 3 nitrogen and oxygen atoms in total. The van der Waals surface area contributed by atoms with Crippen LogP contribution < -0.4 is 35.0 Å². The van der Waals surface area contributed by atoms with Crippen LogP contribution in [0, 0.1) is 5.21 Å². The molecule has 1 saturated carbocycles. The molecule has 0 atom stereocenters. The third-order valence-electron chi connectivity index (χ3n) is 0.881. The van der Waals surface area contributed by atoms with Gasteiger partial charge in [0.1, 0.15) is 0 Å². The molecule has 0 unspecified atom stereocenters. The summed E-state index contributed by atoms with van der Waals surface area (Å²) < 4.78 is 0. The van der Waals surface area contributed by atoms with Crippen LogP contribution >= 0.6 is 0 Å². The molecule has 1 rings (SSSR count). The maximum Gasteiger partial charge on any atom is 0.0559 e. The fourth-order valence-electron chi connectivity index (χ4n) is 0.346. The maximum atomic E-state index is 9.54. The molecule has 0 bridgehead atoms. The Kier molecular flexibility index (Phi) is 3.91. The lowest BCUT2D eigenvalue weighted by atomic mass is 10.8. The summed E-state index contributed by atoms with van der Waals surface area (Å²) in [6.45, 7) is 0. The number of nitrogens with two attached hydrogens (primary N) is 1. The van der Waals surface area contributed by atoms with E-state index in [-0.39, 0.29) is 24.0 Å². The zero-order chi connectivity index (χ0) is 4.41. The van der Waals surface area contributed by atoms with Crippen molar-refractivity contribution in [1.82, 2.24) is 5.43 Å².